The van der Waals surface area contributed by atoms with Crippen LogP contribution in [0.5, 0.6) is 0 Å². The average molecular weight is 281 g/mol. The summed E-state index contributed by atoms with van der Waals surface area (Å²) in [4.78, 5) is 4.30. The molecule has 0 saturated carbocycles. The first kappa shape index (κ1) is 12.4. The van der Waals surface area contributed by atoms with Crippen molar-refractivity contribution in [2.24, 2.45) is 0 Å². The Hall–Kier alpha value is -2.64. The predicted octanol–water partition coefficient (Wildman–Crippen LogP) is 3.46. The molecular formula is C15H9ClN4. The highest BCUT2D eigenvalue weighted by Gasteiger charge is 2.12. The second-order valence-corrected chi connectivity index (χ2v) is 4.57. The van der Waals surface area contributed by atoms with E-state index in [0.29, 0.717) is 10.7 Å². The molecule has 0 aliphatic carbocycles. The van der Waals surface area contributed by atoms with Crippen molar-refractivity contribution in [1.29, 1.82) is 5.26 Å². The lowest BCUT2D eigenvalue weighted by molar-refractivity contribution is 0.877. The summed E-state index contributed by atoms with van der Waals surface area (Å²) in [5.74, 6) is 0. The minimum absolute atomic E-state index is 0.348. The van der Waals surface area contributed by atoms with E-state index in [1.807, 2.05) is 30.3 Å². The Labute approximate surface area is 120 Å². The number of halogens is 1. The molecule has 3 rings (SSSR count). The Morgan fingerprint density at radius 2 is 1.90 bits per heavy atom. The van der Waals surface area contributed by atoms with Crippen LogP contribution in [0.1, 0.15) is 5.69 Å². The Balaban J connectivity index is 2.18. The largest absolute Gasteiger partial charge is 0.255 e. The Morgan fingerprint density at radius 3 is 2.55 bits per heavy atom. The van der Waals surface area contributed by atoms with Crippen molar-refractivity contribution in [3.8, 4) is 23.1 Å². The van der Waals surface area contributed by atoms with Gasteiger partial charge in [-0.3, -0.25) is 4.98 Å². The highest BCUT2D eigenvalue weighted by molar-refractivity contribution is 6.30. The van der Waals surface area contributed by atoms with Crippen molar-refractivity contribution >= 4 is 11.6 Å². The van der Waals surface area contributed by atoms with Gasteiger partial charge in [-0.2, -0.15) is 10.4 Å². The fourth-order valence-corrected chi connectivity index (χ4v) is 2.04. The van der Waals surface area contributed by atoms with Crippen LogP contribution in [-0.2, 0) is 0 Å². The Morgan fingerprint density at radius 1 is 1.10 bits per heavy atom. The molecule has 1 aromatic carbocycles. The molecule has 96 valence electrons. The molecule has 0 bridgehead atoms. The van der Waals surface area contributed by atoms with E-state index in [0.717, 1.165) is 17.1 Å². The third-order valence-corrected chi connectivity index (χ3v) is 3.07. The minimum atomic E-state index is 0.348. The van der Waals surface area contributed by atoms with Crippen molar-refractivity contribution in [2.45, 2.75) is 0 Å². The van der Waals surface area contributed by atoms with Gasteiger partial charge in [0.15, 0.2) is 5.69 Å². The number of benzene rings is 1. The second kappa shape index (κ2) is 5.16. The number of aromatic nitrogens is 3. The highest BCUT2D eigenvalue weighted by atomic mass is 35.5. The Bertz CT molecular complexity index is 770. The zero-order valence-electron chi connectivity index (χ0n) is 10.4. The molecule has 4 nitrogen and oxygen atoms in total. The van der Waals surface area contributed by atoms with Crippen molar-refractivity contribution in [2.75, 3.05) is 0 Å². The van der Waals surface area contributed by atoms with E-state index in [-0.39, 0.29) is 0 Å². The third kappa shape index (κ3) is 2.27. The molecular weight excluding hydrogens is 272 g/mol. The first-order chi connectivity index (χ1) is 9.78. The average Bonchev–Trinajstić information content (AvgIpc) is 2.93. The molecule has 0 N–H and O–H groups in total. The van der Waals surface area contributed by atoms with Crippen molar-refractivity contribution in [3.63, 3.8) is 0 Å². The standard InChI is InChI=1S/C15H9ClN4/c16-11-4-6-13(7-5-11)20-15(9-12(10-17)19-20)14-3-1-2-8-18-14/h1-9H. The summed E-state index contributed by atoms with van der Waals surface area (Å²) < 4.78 is 1.69. The lowest BCUT2D eigenvalue weighted by atomic mass is 10.2. The zero-order valence-corrected chi connectivity index (χ0v) is 11.1. The Kier molecular flexibility index (Phi) is 3.20. The van der Waals surface area contributed by atoms with Crippen LogP contribution in [0.15, 0.2) is 54.7 Å². The van der Waals surface area contributed by atoms with Gasteiger partial charge >= 0.3 is 0 Å². The normalized spacial score (nSPS) is 10.2. The van der Waals surface area contributed by atoms with E-state index in [9.17, 15) is 0 Å². The fraction of sp³-hybridized carbons (Fsp3) is 0. The molecule has 2 aromatic heterocycles. The van der Waals surface area contributed by atoms with Gasteiger partial charge in [0, 0.05) is 17.3 Å². The van der Waals surface area contributed by atoms with Gasteiger partial charge in [0.1, 0.15) is 6.07 Å². The van der Waals surface area contributed by atoms with Gasteiger partial charge in [0.25, 0.3) is 0 Å². The van der Waals surface area contributed by atoms with Gasteiger partial charge in [-0.25, -0.2) is 4.68 Å². The summed E-state index contributed by atoms with van der Waals surface area (Å²) in [6, 6.07) is 16.7. The van der Waals surface area contributed by atoms with Crippen molar-refractivity contribution in [1.82, 2.24) is 14.8 Å². The van der Waals surface area contributed by atoms with Crippen LogP contribution in [0, 0.1) is 11.3 Å². The molecule has 2 heterocycles. The van der Waals surface area contributed by atoms with E-state index in [1.54, 1.807) is 29.1 Å². The second-order valence-electron chi connectivity index (χ2n) is 4.13. The fourth-order valence-electron chi connectivity index (χ4n) is 1.91. The van der Waals surface area contributed by atoms with Crippen LogP contribution in [0.3, 0.4) is 0 Å². The molecule has 0 atom stereocenters. The molecule has 0 amide bonds. The zero-order chi connectivity index (χ0) is 13.9. The summed E-state index contributed by atoms with van der Waals surface area (Å²) in [7, 11) is 0. The van der Waals surface area contributed by atoms with Gasteiger partial charge in [-0.05, 0) is 36.4 Å². The van der Waals surface area contributed by atoms with Crippen molar-refractivity contribution in [3.05, 3.63) is 65.4 Å². The van der Waals surface area contributed by atoms with Gasteiger partial charge in [-0.15, -0.1) is 0 Å². The van der Waals surface area contributed by atoms with E-state index in [1.165, 1.54) is 0 Å². The van der Waals surface area contributed by atoms with Gasteiger partial charge in [0.2, 0.25) is 0 Å². The maximum Gasteiger partial charge on any atom is 0.163 e. The molecule has 0 aliphatic rings. The van der Waals surface area contributed by atoms with Gasteiger partial charge < -0.3 is 0 Å². The summed E-state index contributed by atoms with van der Waals surface area (Å²) in [5.41, 5.74) is 2.71. The first-order valence-electron chi connectivity index (χ1n) is 5.95. The molecule has 0 spiro atoms. The molecule has 5 heteroatoms. The summed E-state index contributed by atoms with van der Waals surface area (Å²) in [5, 5.41) is 14.0. The monoisotopic (exact) mass is 280 g/mol. The van der Waals surface area contributed by atoms with E-state index < -0.39 is 0 Å². The van der Waals surface area contributed by atoms with E-state index in [2.05, 4.69) is 16.2 Å². The smallest absolute Gasteiger partial charge is 0.163 e. The predicted molar refractivity (Wildman–Crippen MR) is 76.5 cm³/mol. The SMILES string of the molecule is N#Cc1cc(-c2ccccn2)n(-c2ccc(Cl)cc2)n1. The number of nitrogens with zero attached hydrogens (tertiary/aromatic N) is 4. The van der Waals surface area contributed by atoms with E-state index in [4.69, 9.17) is 16.9 Å². The van der Waals surface area contributed by atoms with Crippen LogP contribution in [-0.4, -0.2) is 14.8 Å². The van der Waals surface area contributed by atoms with Gasteiger partial charge in [0.05, 0.1) is 17.1 Å². The van der Waals surface area contributed by atoms with Crippen LogP contribution in [0.2, 0.25) is 5.02 Å². The molecule has 0 unspecified atom stereocenters. The minimum Gasteiger partial charge on any atom is -0.255 e. The molecule has 0 fully saturated rings. The topological polar surface area (TPSA) is 54.5 Å². The molecule has 0 aliphatic heterocycles. The van der Waals surface area contributed by atoms with Crippen LogP contribution in [0.25, 0.3) is 17.1 Å². The van der Waals surface area contributed by atoms with Crippen LogP contribution >= 0.6 is 11.6 Å². The summed E-state index contributed by atoms with van der Waals surface area (Å²) in [6.45, 7) is 0. The number of nitriles is 1. The quantitative estimate of drug-likeness (QED) is 0.722. The van der Waals surface area contributed by atoms with E-state index >= 15 is 0 Å². The van der Waals surface area contributed by atoms with Crippen molar-refractivity contribution < 1.29 is 0 Å². The lowest BCUT2D eigenvalue weighted by Crippen LogP contribution is -1.99. The molecule has 0 radical (unpaired) electrons. The van der Waals surface area contributed by atoms with Crippen LogP contribution in [0.4, 0.5) is 0 Å². The summed E-state index contributed by atoms with van der Waals surface area (Å²) >= 11 is 5.89. The number of rotatable bonds is 2. The number of pyridine rings is 1. The first-order valence-corrected chi connectivity index (χ1v) is 6.33. The summed E-state index contributed by atoms with van der Waals surface area (Å²) in [6.07, 6.45) is 1.71. The molecule has 3 aromatic rings. The molecule has 20 heavy (non-hydrogen) atoms. The maximum absolute atomic E-state index is 9.05. The lowest BCUT2D eigenvalue weighted by Gasteiger charge is -2.06. The maximum atomic E-state index is 9.05. The highest BCUT2D eigenvalue weighted by Crippen LogP contribution is 2.22. The molecule has 0 saturated heterocycles. The van der Waals surface area contributed by atoms with Gasteiger partial charge in [-0.1, -0.05) is 17.7 Å². The number of hydrogen-bond donors (Lipinski definition) is 0. The van der Waals surface area contributed by atoms with Crippen LogP contribution < -0.4 is 0 Å². The number of hydrogen-bond acceptors (Lipinski definition) is 3. The third-order valence-electron chi connectivity index (χ3n) is 2.82.